The van der Waals surface area contributed by atoms with Crippen LogP contribution in [0.25, 0.3) is 33.4 Å². The predicted molar refractivity (Wildman–Crippen MR) is 128 cm³/mol. The van der Waals surface area contributed by atoms with Gasteiger partial charge in [0, 0.05) is 41.1 Å². The molecule has 0 radical (unpaired) electrons. The summed E-state index contributed by atoms with van der Waals surface area (Å²) in [6.07, 6.45) is 1.60. The van der Waals surface area contributed by atoms with E-state index < -0.39 is 0 Å². The van der Waals surface area contributed by atoms with Crippen LogP contribution in [-0.2, 0) is 18.4 Å². The molecule has 0 spiro atoms. The molecule has 1 unspecified atom stereocenters. The highest BCUT2D eigenvalue weighted by Crippen LogP contribution is 2.32. The van der Waals surface area contributed by atoms with Gasteiger partial charge in [-0.2, -0.15) is 0 Å². The van der Waals surface area contributed by atoms with Gasteiger partial charge in [-0.15, -0.1) is 10.2 Å². The van der Waals surface area contributed by atoms with Crippen molar-refractivity contribution in [3.8, 4) is 11.6 Å². The Hall–Kier alpha value is -3.52. The van der Waals surface area contributed by atoms with Gasteiger partial charge in [-0.3, -0.25) is 4.79 Å². The van der Waals surface area contributed by atoms with E-state index in [9.17, 15) is 4.79 Å². The molecule has 1 N–H and O–H groups in total. The van der Waals surface area contributed by atoms with Gasteiger partial charge in [0.2, 0.25) is 5.91 Å². The van der Waals surface area contributed by atoms with E-state index in [1.54, 1.807) is 6.26 Å². The highest BCUT2D eigenvalue weighted by Gasteiger charge is 2.21. The van der Waals surface area contributed by atoms with Crippen molar-refractivity contribution in [1.29, 1.82) is 0 Å². The lowest BCUT2D eigenvalue weighted by Gasteiger charge is -2.12. The number of thioether (sulfide) groups is 1. The van der Waals surface area contributed by atoms with Gasteiger partial charge >= 0.3 is 0 Å². The third-order valence-corrected chi connectivity index (χ3v) is 6.72. The lowest BCUT2D eigenvalue weighted by Crippen LogP contribution is -2.22. The second-order valence-corrected chi connectivity index (χ2v) is 8.89. The molecule has 1 amide bonds. The molecule has 0 fully saturated rings. The van der Waals surface area contributed by atoms with Crippen LogP contribution in [0.3, 0.4) is 0 Å². The minimum Gasteiger partial charge on any atom is -0.461 e. The number of para-hydroxylation sites is 1. The second kappa shape index (κ2) is 8.20. The number of rotatable bonds is 6. The Morgan fingerprint density at radius 3 is 2.69 bits per heavy atom. The highest BCUT2D eigenvalue weighted by molar-refractivity contribution is 8.00. The summed E-state index contributed by atoms with van der Waals surface area (Å²) in [5, 5.41) is 14.1. The number of amides is 1. The van der Waals surface area contributed by atoms with Gasteiger partial charge < -0.3 is 18.9 Å². The highest BCUT2D eigenvalue weighted by atomic mass is 32.2. The Labute approximate surface area is 189 Å². The number of hydrogen-bond donors (Lipinski definition) is 1. The van der Waals surface area contributed by atoms with Gasteiger partial charge in [0.25, 0.3) is 0 Å². The van der Waals surface area contributed by atoms with E-state index >= 15 is 0 Å². The Morgan fingerprint density at radius 1 is 1.09 bits per heavy atom. The predicted octanol–water partition coefficient (Wildman–Crippen LogP) is 5.32. The van der Waals surface area contributed by atoms with Crippen LogP contribution in [-0.4, -0.2) is 30.5 Å². The van der Waals surface area contributed by atoms with E-state index in [1.165, 1.54) is 28.2 Å². The van der Waals surface area contributed by atoms with E-state index in [-0.39, 0.29) is 11.2 Å². The Bertz CT molecular complexity index is 1420. The third-order valence-electron chi connectivity index (χ3n) is 5.58. The van der Waals surface area contributed by atoms with Crippen LogP contribution >= 0.6 is 11.8 Å². The van der Waals surface area contributed by atoms with Crippen molar-refractivity contribution in [2.45, 2.75) is 30.8 Å². The minimum absolute atomic E-state index is 0.0869. The maximum atomic E-state index is 12.9. The van der Waals surface area contributed by atoms with E-state index in [4.69, 9.17) is 4.42 Å². The number of nitrogens with one attached hydrogen (secondary N) is 1. The largest absolute Gasteiger partial charge is 0.461 e. The number of nitrogens with zero attached hydrogens (tertiary/aromatic N) is 4. The van der Waals surface area contributed by atoms with Crippen LogP contribution in [0.4, 0.5) is 5.69 Å². The summed E-state index contributed by atoms with van der Waals surface area (Å²) in [7, 11) is 1.86. The summed E-state index contributed by atoms with van der Waals surface area (Å²) < 4.78 is 9.53. The molecule has 3 aromatic heterocycles. The van der Waals surface area contributed by atoms with Crippen LogP contribution < -0.4 is 5.32 Å². The molecule has 2 aromatic carbocycles. The molecule has 0 bridgehead atoms. The quantitative estimate of drug-likeness (QED) is 0.358. The molecule has 0 saturated carbocycles. The van der Waals surface area contributed by atoms with E-state index in [2.05, 4.69) is 57.3 Å². The fraction of sp³-hybridized carbons (Fsp3) is 0.208. The molecule has 0 aliphatic heterocycles. The van der Waals surface area contributed by atoms with Crippen molar-refractivity contribution in [1.82, 2.24) is 19.3 Å². The number of aryl methyl sites for hydroxylation is 1. The Balaban J connectivity index is 1.36. The van der Waals surface area contributed by atoms with Gasteiger partial charge in [-0.05, 0) is 50.2 Å². The van der Waals surface area contributed by atoms with E-state index in [1.807, 2.05) is 42.8 Å². The molecule has 0 aliphatic carbocycles. The van der Waals surface area contributed by atoms with E-state index in [0.29, 0.717) is 16.7 Å². The number of hydrogen-bond acceptors (Lipinski definition) is 5. The smallest absolute Gasteiger partial charge is 0.237 e. The van der Waals surface area contributed by atoms with Crippen LogP contribution in [0, 0.1) is 0 Å². The van der Waals surface area contributed by atoms with Gasteiger partial charge in [0.05, 0.1) is 11.5 Å². The van der Waals surface area contributed by atoms with E-state index in [0.717, 1.165) is 17.6 Å². The fourth-order valence-electron chi connectivity index (χ4n) is 3.97. The zero-order valence-corrected chi connectivity index (χ0v) is 18.9. The van der Waals surface area contributed by atoms with Crippen molar-refractivity contribution in [3.63, 3.8) is 0 Å². The van der Waals surface area contributed by atoms with Crippen molar-refractivity contribution in [2.24, 2.45) is 7.05 Å². The third kappa shape index (κ3) is 3.46. The molecular formula is C24H23N5O2S. The van der Waals surface area contributed by atoms with Crippen LogP contribution in [0.2, 0.25) is 0 Å². The molecular weight excluding hydrogens is 422 g/mol. The summed E-state index contributed by atoms with van der Waals surface area (Å²) in [6.45, 7) is 4.90. The van der Waals surface area contributed by atoms with Gasteiger partial charge in [-0.1, -0.05) is 30.0 Å². The maximum Gasteiger partial charge on any atom is 0.237 e. The second-order valence-electron chi connectivity index (χ2n) is 7.59. The number of carbonyl (C=O) groups excluding carboxylic acids is 1. The summed E-state index contributed by atoms with van der Waals surface area (Å²) in [5.74, 6) is 1.18. The fourth-order valence-corrected chi connectivity index (χ4v) is 4.78. The molecule has 162 valence electrons. The first-order valence-corrected chi connectivity index (χ1v) is 11.4. The molecule has 5 rings (SSSR count). The van der Waals surface area contributed by atoms with Gasteiger partial charge in [0.1, 0.15) is 0 Å². The molecule has 0 saturated heterocycles. The summed E-state index contributed by atoms with van der Waals surface area (Å²) in [6, 6.07) is 18.1. The molecule has 5 aromatic rings. The van der Waals surface area contributed by atoms with Crippen molar-refractivity contribution in [2.75, 3.05) is 5.32 Å². The molecule has 0 aliphatic rings. The first kappa shape index (κ1) is 20.4. The normalized spacial score (nSPS) is 12.5. The molecule has 32 heavy (non-hydrogen) atoms. The maximum absolute atomic E-state index is 12.9. The minimum atomic E-state index is -0.352. The molecule has 7 nitrogen and oxygen atoms in total. The van der Waals surface area contributed by atoms with Crippen LogP contribution in [0.15, 0.2) is 70.4 Å². The van der Waals surface area contributed by atoms with Gasteiger partial charge in [0.15, 0.2) is 16.7 Å². The SMILES string of the molecule is CCn1c2ccccc2c2cc(NC(=O)C(C)Sc3nnc(-c4ccco4)n3C)ccc21. The number of furan rings is 1. The van der Waals surface area contributed by atoms with Crippen LogP contribution in [0.1, 0.15) is 13.8 Å². The monoisotopic (exact) mass is 445 g/mol. The Kier molecular flexibility index (Phi) is 5.22. The topological polar surface area (TPSA) is 77.9 Å². The number of carbonyl (C=O) groups is 1. The molecule has 8 heteroatoms. The molecule has 1 atom stereocenters. The summed E-state index contributed by atoms with van der Waals surface area (Å²) >= 11 is 1.36. The van der Waals surface area contributed by atoms with Crippen molar-refractivity contribution >= 4 is 45.2 Å². The average Bonchev–Trinajstić information content (AvgIpc) is 3.52. The summed E-state index contributed by atoms with van der Waals surface area (Å²) in [5.41, 5.74) is 3.15. The first-order valence-electron chi connectivity index (χ1n) is 10.5. The first-order chi connectivity index (χ1) is 15.6. The van der Waals surface area contributed by atoms with Gasteiger partial charge in [-0.25, -0.2) is 0 Å². The standard InChI is InChI=1S/C24H23N5O2S/c1-4-29-19-9-6-5-8-17(19)18-14-16(11-12-20(18)29)25-23(30)15(2)32-24-27-26-22(28(24)3)21-10-7-13-31-21/h5-15H,4H2,1-3H3,(H,25,30). The number of aromatic nitrogens is 4. The number of anilines is 1. The van der Waals surface area contributed by atoms with Crippen LogP contribution in [0.5, 0.6) is 0 Å². The Morgan fingerprint density at radius 2 is 1.91 bits per heavy atom. The molecule has 3 heterocycles. The van der Waals surface area contributed by atoms with Crippen molar-refractivity contribution < 1.29 is 9.21 Å². The van der Waals surface area contributed by atoms with Crippen molar-refractivity contribution in [3.05, 3.63) is 60.9 Å². The zero-order chi connectivity index (χ0) is 22.2. The zero-order valence-electron chi connectivity index (χ0n) is 18.1. The number of fused-ring (bicyclic) bond motifs is 3. The lowest BCUT2D eigenvalue weighted by molar-refractivity contribution is -0.115. The average molecular weight is 446 g/mol. The summed E-state index contributed by atoms with van der Waals surface area (Å²) in [4.78, 5) is 12.9. The number of benzene rings is 2. The lowest BCUT2D eigenvalue weighted by atomic mass is 10.1.